The van der Waals surface area contributed by atoms with Gasteiger partial charge in [-0.05, 0) is 23.3 Å². The Kier molecular flexibility index (Phi) is 2.59. The minimum absolute atomic E-state index is 0.944. The van der Waals surface area contributed by atoms with Gasteiger partial charge in [-0.2, -0.15) is 0 Å². The van der Waals surface area contributed by atoms with E-state index >= 15 is 0 Å². The van der Waals surface area contributed by atoms with Crippen molar-refractivity contribution in [3.8, 4) is 0 Å². The van der Waals surface area contributed by atoms with Crippen LogP contribution in [0.2, 0.25) is 0 Å². The summed E-state index contributed by atoms with van der Waals surface area (Å²) in [7, 11) is 0. The molecule has 1 heterocycles. The van der Waals surface area contributed by atoms with Crippen molar-refractivity contribution in [1.29, 1.82) is 0 Å². The fourth-order valence-electron chi connectivity index (χ4n) is 2.01. The lowest BCUT2D eigenvalue weighted by Crippen LogP contribution is -1.91. The number of nitrogens with zero attached hydrogens (tertiary/aromatic N) is 1. The SMILES string of the molecule is C(=C\c1ccccc1)/C1=Nc2ccccc2C1. The van der Waals surface area contributed by atoms with Crippen LogP contribution in [-0.4, -0.2) is 5.71 Å². The fraction of sp³-hybridized carbons (Fsp3) is 0.0625. The van der Waals surface area contributed by atoms with Crippen molar-refractivity contribution in [1.82, 2.24) is 0 Å². The third-order valence-electron chi connectivity index (χ3n) is 2.89. The Balaban J connectivity index is 1.80. The van der Waals surface area contributed by atoms with Crippen LogP contribution >= 0.6 is 0 Å². The van der Waals surface area contributed by atoms with Crippen LogP contribution in [0, 0.1) is 0 Å². The largest absolute Gasteiger partial charge is 0.253 e. The first-order valence-corrected chi connectivity index (χ1v) is 5.80. The number of fused-ring (bicyclic) bond motifs is 1. The van der Waals surface area contributed by atoms with Crippen molar-refractivity contribution in [2.24, 2.45) is 4.99 Å². The highest BCUT2D eigenvalue weighted by Gasteiger charge is 2.10. The van der Waals surface area contributed by atoms with Crippen LogP contribution < -0.4 is 0 Å². The lowest BCUT2D eigenvalue weighted by molar-refractivity contribution is 1.40. The van der Waals surface area contributed by atoms with Gasteiger partial charge in [-0.3, -0.25) is 4.99 Å². The molecule has 0 aliphatic carbocycles. The van der Waals surface area contributed by atoms with E-state index in [0.717, 1.165) is 17.8 Å². The molecule has 1 aliphatic rings. The molecule has 0 aromatic heterocycles. The highest BCUT2D eigenvalue weighted by molar-refractivity contribution is 6.04. The van der Waals surface area contributed by atoms with Crippen LogP contribution in [0.1, 0.15) is 11.1 Å². The van der Waals surface area contributed by atoms with Gasteiger partial charge in [0.25, 0.3) is 0 Å². The van der Waals surface area contributed by atoms with Crippen molar-refractivity contribution >= 4 is 17.5 Å². The van der Waals surface area contributed by atoms with Crippen LogP contribution in [0.5, 0.6) is 0 Å². The molecule has 2 aromatic carbocycles. The minimum Gasteiger partial charge on any atom is -0.253 e. The summed E-state index contributed by atoms with van der Waals surface area (Å²) in [5.41, 5.74) is 4.78. The average Bonchev–Trinajstić information content (AvgIpc) is 2.80. The summed E-state index contributed by atoms with van der Waals surface area (Å²) in [5, 5.41) is 0. The average molecular weight is 219 g/mol. The summed E-state index contributed by atoms with van der Waals surface area (Å²) in [5.74, 6) is 0. The number of allylic oxidation sites excluding steroid dienone is 1. The molecule has 82 valence electrons. The second-order valence-electron chi connectivity index (χ2n) is 4.15. The second kappa shape index (κ2) is 4.38. The van der Waals surface area contributed by atoms with Crippen LogP contribution in [0.25, 0.3) is 6.08 Å². The molecule has 0 N–H and O–H groups in total. The third kappa shape index (κ3) is 2.18. The van der Waals surface area contributed by atoms with Gasteiger partial charge in [-0.1, -0.05) is 54.6 Å². The van der Waals surface area contributed by atoms with E-state index in [-0.39, 0.29) is 0 Å². The Morgan fingerprint density at radius 1 is 0.824 bits per heavy atom. The Bertz CT molecular complexity index is 579. The van der Waals surface area contributed by atoms with Crippen molar-refractivity contribution in [3.63, 3.8) is 0 Å². The molecule has 0 amide bonds. The zero-order valence-corrected chi connectivity index (χ0v) is 9.51. The fourth-order valence-corrected chi connectivity index (χ4v) is 2.01. The number of aliphatic imine (C=N–C) groups is 1. The van der Waals surface area contributed by atoms with E-state index in [1.165, 1.54) is 11.1 Å². The van der Waals surface area contributed by atoms with Crippen molar-refractivity contribution in [2.75, 3.05) is 0 Å². The van der Waals surface area contributed by atoms with E-state index in [9.17, 15) is 0 Å². The summed E-state index contributed by atoms with van der Waals surface area (Å²) in [4.78, 5) is 4.60. The maximum absolute atomic E-state index is 4.60. The molecule has 0 unspecified atom stereocenters. The van der Waals surface area contributed by atoms with E-state index in [4.69, 9.17) is 0 Å². The van der Waals surface area contributed by atoms with Gasteiger partial charge in [0.05, 0.1) is 5.69 Å². The van der Waals surface area contributed by atoms with Crippen molar-refractivity contribution < 1.29 is 0 Å². The number of hydrogen-bond donors (Lipinski definition) is 0. The summed E-state index contributed by atoms with van der Waals surface area (Å²) in [6.45, 7) is 0. The van der Waals surface area contributed by atoms with E-state index < -0.39 is 0 Å². The zero-order valence-electron chi connectivity index (χ0n) is 9.51. The van der Waals surface area contributed by atoms with E-state index in [1.54, 1.807) is 0 Å². The normalized spacial score (nSPS) is 13.8. The number of rotatable bonds is 2. The molecule has 1 nitrogen and oxygen atoms in total. The van der Waals surface area contributed by atoms with Crippen LogP contribution in [0.3, 0.4) is 0 Å². The number of para-hydroxylation sites is 1. The molecule has 0 saturated heterocycles. The summed E-state index contributed by atoms with van der Waals surface area (Å²) < 4.78 is 0. The van der Waals surface area contributed by atoms with Crippen LogP contribution in [0.4, 0.5) is 5.69 Å². The van der Waals surface area contributed by atoms with Crippen LogP contribution in [-0.2, 0) is 6.42 Å². The Morgan fingerprint density at radius 2 is 1.59 bits per heavy atom. The van der Waals surface area contributed by atoms with Crippen molar-refractivity contribution in [3.05, 3.63) is 71.8 Å². The summed E-state index contributed by atoms with van der Waals surface area (Å²) in [6.07, 6.45) is 5.17. The molecule has 0 atom stereocenters. The molecular formula is C16H13N. The topological polar surface area (TPSA) is 12.4 Å². The van der Waals surface area contributed by atoms with Gasteiger partial charge in [0.2, 0.25) is 0 Å². The summed E-state index contributed by atoms with van der Waals surface area (Å²) >= 11 is 0. The monoisotopic (exact) mass is 219 g/mol. The first-order valence-electron chi connectivity index (χ1n) is 5.80. The maximum Gasteiger partial charge on any atom is 0.0669 e. The molecule has 0 bridgehead atoms. The zero-order chi connectivity index (χ0) is 11.5. The maximum atomic E-state index is 4.60. The van der Waals surface area contributed by atoms with Gasteiger partial charge in [0, 0.05) is 12.1 Å². The minimum atomic E-state index is 0.944. The Hall–Kier alpha value is -2.15. The highest BCUT2D eigenvalue weighted by atomic mass is 14.8. The molecule has 3 rings (SSSR count). The molecule has 0 fully saturated rings. The third-order valence-corrected chi connectivity index (χ3v) is 2.89. The summed E-state index contributed by atoms with van der Waals surface area (Å²) in [6, 6.07) is 18.6. The van der Waals surface area contributed by atoms with Crippen molar-refractivity contribution in [2.45, 2.75) is 6.42 Å². The standard InChI is InChI=1S/C16H13N/c1-2-6-13(7-3-1)10-11-15-12-14-8-4-5-9-16(14)17-15/h1-11H,12H2/b11-10+. The highest BCUT2D eigenvalue weighted by Crippen LogP contribution is 2.26. The van der Waals surface area contributed by atoms with Gasteiger partial charge in [0.1, 0.15) is 0 Å². The van der Waals surface area contributed by atoms with Crippen LogP contribution in [0.15, 0.2) is 65.7 Å². The molecule has 1 heteroatoms. The van der Waals surface area contributed by atoms with Gasteiger partial charge in [-0.15, -0.1) is 0 Å². The van der Waals surface area contributed by atoms with Gasteiger partial charge >= 0.3 is 0 Å². The van der Waals surface area contributed by atoms with E-state index in [1.807, 2.05) is 24.3 Å². The first-order chi connectivity index (χ1) is 8.42. The quantitative estimate of drug-likeness (QED) is 0.723. The van der Waals surface area contributed by atoms with E-state index in [2.05, 4.69) is 47.5 Å². The predicted octanol–water partition coefficient (Wildman–Crippen LogP) is 4.03. The lowest BCUT2D eigenvalue weighted by Gasteiger charge is -1.93. The predicted molar refractivity (Wildman–Crippen MR) is 72.7 cm³/mol. The lowest BCUT2D eigenvalue weighted by atomic mass is 10.1. The Morgan fingerprint density at radius 3 is 2.41 bits per heavy atom. The molecule has 0 radical (unpaired) electrons. The second-order valence-corrected chi connectivity index (χ2v) is 4.15. The molecule has 0 saturated carbocycles. The molecule has 17 heavy (non-hydrogen) atoms. The molecular weight excluding hydrogens is 206 g/mol. The molecule has 2 aromatic rings. The van der Waals surface area contributed by atoms with E-state index in [0.29, 0.717) is 0 Å². The molecule has 1 aliphatic heterocycles. The van der Waals surface area contributed by atoms with Gasteiger partial charge in [-0.25, -0.2) is 0 Å². The molecule has 0 spiro atoms. The number of benzene rings is 2. The Labute approximate surface area is 101 Å². The van der Waals surface area contributed by atoms with Gasteiger partial charge in [0.15, 0.2) is 0 Å². The number of hydrogen-bond acceptors (Lipinski definition) is 1. The first kappa shape index (κ1) is 10.0. The smallest absolute Gasteiger partial charge is 0.0669 e. The van der Waals surface area contributed by atoms with Gasteiger partial charge < -0.3 is 0 Å².